The van der Waals surface area contributed by atoms with Crippen LogP contribution >= 0.6 is 0 Å². The number of ether oxygens (including phenoxy) is 1. The van der Waals surface area contributed by atoms with Crippen molar-refractivity contribution < 1.29 is 22.7 Å². The van der Waals surface area contributed by atoms with Gasteiger partial charge in [-0.1, -0.05) is 0 Å². The van der Waals surface area contributed by atoms with E-state index in [1.54, 1.807) is 7.05 Å². The Labute approximate surface area is 169 Å². The maximum atomic E-state index is 12.9. The predicted octanol–water partition coefficient (Wildman–Crippen LogP) is 3.63. The Kier molecular flexibility index (Phi) is 5.29. The molecule has 6 nitrogen and oxygen atoms in total. The van der Waals surface area contributed by atoms with Gasteiger partial charge in [-0.05, 0) is 57.5 Å². The van der Waals surface area contributed by atoms with Crippen molar-refractivity contribution in [3.05, 3.63) is 17.7 Å². The number of likely N-dealkylation sites (tertiary alicyclic amines) is 2. The second-order valence-electron chi connectivity index (χ2n) is 8.84. The molecule has 0 bridgehead atoms. The summed E-state index contributed by atoms with van der Waals surface area (Å²) in [6.07, 6.45) is 1.38. The van der Waals surface area contributed by atoms with E-state index in [1.165, 1.54) is 4.57 Å². The van der Waals surface area contributed by atoms with Gasteiger partial charge in [0.25, 0.3) is 0 Å². The Bertz CT molecular complexity index is 749. The molecule has 0 N–H and O–H groups in total. The molecule has 3 heterocycles. The summed E-state index contributed by atoms with van der Waals surface area (Å²) in [5, 5.41) is 0. The summed E-state index contributed by atoms with van der Waals surface area (Å²) in [4.78, 5) is 20.1. The first-order valence-corrected chi connectivity index (χ1v) is 10.5. The van der Waals surface area contributed by atoms with Crippen molar-refractivity contribution in [2.75, 3.05) is 32.8 Å². The average Bonchev–Trinajstić information content (AvgIpc) is 3.25. The van der Waals surface area contributed by atoms with Crippen LogP contribution in [-0.4, -0.2) is 64.3 Å². The first kappa shape index (κ1) is 20.5. The number of piperidine rings is 1. The number of alkyl halides is 3. The third-order valence-electron chi connectivity index (χ3n) is 6.92. The highest BCUT2D eigenvalue weighted by atomic mass is 19.4. The van der Waals surface area contributed by atoms with Gasteiger partial charge in [-0.25, -0.2) is 9.78 Å². The first-order valence-electron chi connectivity index (χ1n) is 10.5. The first-order chi connectivity index (χ1) is 13.7. The Morgan fingerprint density at radius 3 is 2.55 bits per heavy atom. The van der Waals surface area contributed by atoms with Crippen LogP contribution in [0.4, 0.5) is 18.0 Å². The number of nitrogens with zero attached hydrogens (tertiary/aromatic N) is 4. The highest BCUT2D eigenvalue weighted by Gasteiger charge is 2.51. The topological polar surface area (TPSA) is 50.6 Å². The molecule has 29 heavy (non-hydrogen) atoms. The molecule has 1 aliphatic carbocycles. The van der Waals surface area contributed by atoms with Crippen LogP contribution in [0.1, 0.15) is 56.5 Å². The molecule has 9 heteroatoms. The number of carbonyl (C=O) groups is 1. The van der Waals surface area contributed by atoms with Crippen molar-refractivity contribution in [2.24, 2.45) is 12.5 Å². The van der Waals surface area contributed by atoms with E-state index in [1.807, 2.05) is 11.8 Å². The third kappa shape index (κ3) is 3.98. The zero-order chi connectivity index (χ0) is 20.8. The minimum Gasteiger partial charge on any atom is -0.450 e. The number of halogens is 3. The number of carbonyl (C=O) groups excluding carboxylic acids is 1. The summed E-state index contributed by atoms with van der Waals surface area (Å²) in [7, 11) is 1.65. The van der Waals surface area contributed by atoms with E-state index >= 15 is 0 Å². The van der Waals surface area contributed by atoms with E-state index < -0.39 is 11.9 Å². The van der Waals surface area contributed by atoms with E-state index in [4.69, 9.17) is 4.74 Å². The highest BCUT2D eigenvalue weighted by Crippen LogP contribution is 2.51. The van der Waals surface area contributed by atoms with Crippen LogP contribution in [0, 0.1) is 5.41 Å². The largest absolute Gasteiger partial charge is 0.450 e. The average molecular weight is 414 g/mol. The van der Waals surface area contributed by atoms with Crippen LogP contribution in [-0.2, 0) is 18.0 Å². The number of hydrogen-bond acceptors (Lipinski definition) is 4. The number of rotatable bonds is 3. The molecule has 2 saturated heterocycles. The fourth-order valence-corrected chi connectivity index (χ4v) is 5.36. The number of aryl methyl sites for hydroxylation is 1. The zero-order valence-corrected chi connectivity index (χ0v) is 17.0. The smallest absolute Gasteiger partial charge is 0.434 e. The van der Waals surface area contributed by atoms with Gasteiger partial charge in [-0.2, -0.15) is 13.2 Å². The quantitative estimate of drug-likeness (QED) is 0.758. The summed E-state index contributed by atoms with van der Waals surface area (Å²) in [6.45, 7) is 5.56. The Balaban J connectivity index is 1.28. The molecule has 1 amide bonds. The normalized spacial score (nSPS) is 28.7. The lowest BCUT2D eigenvalue weighted by Crippen LogP contribution is -2.54. The maximum Gasteiger partial charge on any atom is 0.434 e. The van der Waals surface area contributed by atoms with Crippen molar-refractivity contribution >= 4 is 6.09 Å². The fraction of sp³-hybridized carbons (Fsp3) is 0.800. The molecule has 1 saturated carbocycles. The summed E-state index contributed by atoms with van der Waals surface area (Å²) in [5.74, 6) is 0.620. The molecule has 0 atom stereocenters. The minimum absolute atomic E-state index is 0.0761. The summed E-state index contributed by atoms with van der Waals surface area (Å²) >= 11 is 0. The van der Waals surface area contributed by atoms with Crippen LogP contribution < -0.4 is 0 Å². The number of aromatic nitrogens is 2. The Morgan fingerprint density at radius 1 is 1.28 bits per heavy atom. The van der Waals surface area contributed by atoms with Crippen molar-refractivity contribution in [1.82, 2.24) is 19.4 Å². The van der Waals surface area contributed by atoms with E-state index in [0.29, 0.717) is 18.5 Å². The van der Waals surface area contributed by atoms with Crippen molar-refractivity contribution in [3.63, 3.8) is 0 Å². The molecule has 1 spiro atoms. The van der Waals surface area contributed by atoms with Gasteiger partial charge in [-0.3, -0.25) is 0 Å². The van der Waals surface area contributed by atoms with E-state index in [9.17, 15) is 18.0 Å². The van der Waals surface area contributed by atoms with Crippen LogP contribution in [0.3, 0.4) is 0 Å². The van der Waals surface area contributed by atoms with Gasteiger partial charge in [0, 0.05) is 38.3 Å². The molecule has 1 aromatic rings. The zero-order valence-electron chi connectivity index (χ0n) is 17.0. The summed E-state index contributed by atoms with van der Waals surface area (Å²) in [6, 6.07) is 0.519. The standard InChI is InChI=1S/C20H29F3N4O2/c1-3-29-18(28)27-9-6-19(13-27)10-15(11-19)26-7-4-14(5-8-26)17-24-16(12-25(17)2)20(21,22)23/h12,14-15H,3-11,13H2,1-2H3. The van der Waals surface area contributed by atoms with Crippen molar-refractivity contribution in [1.29, 1.82) is 0 Å². The number of amides is 1. The second kappa shape index (κ2) is 7.49. The molecule has 0 radical (unpaired) electrons. The van der Waals surface area contributed by atoms with Crippen LogP contribution in [0.15, 0.2) is 6.20 Å². The monoisotopic (exact) mass is 414 g/mol. The van der Waals surface area contributed by atoms with Gasteiger partial charge in [0.2, 0.25) is 0 Å². The maximum absolute atomic E-state index is 12.9. The van der Waals surface area contributed by atoms with Crippen LogP contribution in [0.2, 0.25) is 0 Å². The molecule has 2 aliphatic heterocycles. The minimum atomic E-state index is -4.39. The van der Waals surface area contributed by atoms with E-state index in [2.05, 4.69) is 9.88 Å². The lowest BCUT2D eigenvalue weighted by atomic mass is 9.64. The highest BCUT2D eigenvalue weighted by molar-refractivity contribution is 5.68. The number of hydrogen-bond donors (Lipinski definition) is 0. The van der Waals surface area contributed by atoms with Crippen molar-refractivity contribution in [2.45, 2.75) is 57.2 Å². The SMILES string of the molecule is CCOC(=O)N1CCC2(CC(N3CCC(c4nc(C(F)(F)F)cn4C)CC3)C2)C1. The van der Waals surface area contributed by atoms with Crippen molar-refractivity contribution in [3.8, 4) is 0 Å². The molecule has 162 valence electrons. The van der Waals surface area contributed by atoms with Gasteiger partial charge < -0.3 is 19.1 Å². The van der Waals surface area contributed by atoms with Gasteiger partial charge in [0.15, 0.2) is 5.69 Å². The second-order valence-corrected chi connectivity index (χ2v) is 8.84. The van der Waals surface area contributed by atoms with Gasteiger partial charge >= 0.3 is 12.3 Å². The van der Waals surface area contributed by atoms with Crippen LogP contribution in [0.25, 0.3) is 0 Å². The molecule has 0 unspecified atom stereocenters. The molecular weight excluding hydrogens is 385 g/mol. The van der Waals surface area contributed by atoms with Gasteiger partial charge in [0.05, 0.1) is 6.61 Å². The fourth-order valence-electron chi connectivity index (χ4n) is 5.36. The molecule has 3 fully saturated rings. The predicted molar refractivity (Wildman–Crippen MR) is 100 cm³/mol. The molecular formula is C20H29F3N4O2. The van der Waals surface area contributed by atoms with Gasteiger partial charge in [-0.15, -0.1) is 0 Å². The van der Waals surface area contributed by atoms with Crippen LogP contribution in [0.5, 0.6) is 0 Å². The lowest BCUT2D eigenvalue weighted by molar-refractivity contribution is -0.141. The van der Waals surface area contributed by atoms with E-state index in [0.717, 1.165) is 64.5 Å². The van der Waals surface area contributed by atoms with E-state index in [-0.39, 0.29) is 17.4 Å². The van der Waals surface area contributed by atoms with Gasteiger partial charge in [0.1, 0.15) is 5.82 Å². The summed E-state index contributed by atoms with van der Waals surface area (Å²) in [5.41, 5.74) is -0.569. The third-order valence-corrected chi connectivity index (χ3v) is 6.92. The lowest BCUT2D eigenvalue weighted by Gasteiger charge is -2.51. The Morgan fingerprint density at radius 2 is 1.97 bits per heavy atom. The molecule has 0 aromatic carbocycles. The molecule has 1 aromatic heterocycles. The molecule has 3 aliphatic rings. The number of imidazole rings is 1. The summed E-state index contributed by atoms with van der Waals surface area (Å²) < 4.78 is 45.4. The molecule has 4 rings (SSSR count). The Hall–Kier alpha value is -1.77.